The largest absolute Gasteiger partial charge is 0.392 e. The summed E-state index contributed by atoms with van der Waals surface area (Å²) in [5, 5.41) is 13.6. The molecule has 0 heterocycles. The lowest BCUT2D eigenvalue weighted by Crippen LogP contribution is -2.44. The van der Waals surface area contributed by atoms with Gasteiger partial charge >= 0.3 is 0 Å². The Kier molecular flexibility index (Phi) is 4.81. The van der Waals surface area contributed by atoms with Crippen LogP contribution in [0.5, 0.6) is 0 Å². The van der Waals surface area contributed by atoms with Gasteiger partial charge in [-0.2, -0.15) is 0 Å². The predicted octanol–water partition coefficient (Wildman–Crippen LogP) is 2.81. The van der Waals surface area contributed by atoms with E-state index >= 15 is 0 Å². The molecule has 1 aliphatic carbocycles. The lowest BCUT2D eigenvalue weighted by atomic mass is 9.74. The van der Waals surface area contributed by atoms with Crippen LogP contribution in [0.1, 0.15) is 53.9 Å². The van der Waals surface area contributed by atoms with E-state index < -0.39 is 0 Å². The molecule has 96 valence electrons. The number of β-amino-alcohol motifs (C(OH)–C–C–N with tert-alkyl or cyclic N) is 1. The van der Waals surface area contributed by atoms with E-state index in [0.717, 1.165) is 18.4 Å². The van der Waals surface area contributed by atoms with Crippen LogP contribution >= 0.6 is 0 Å². The Bertz CT molecular complexity index is 209. The molecule has 1 rings (SSSR count). The summed E-state index contributed by atoms with van der Waals surface area (Å²) in [5.41, 5.74) is 0.106. The summed E-state index contributed by atoms with van der Waals surface area (Å²) < 4.78 is 0. The average Bonchev–Trinajstić information content (AvgIpc) is 2.17. The molecule has 0 saturated heterocycles. The molecule has 0 aromatic heterocycles. The molecule has 0 radical (unpaired) electrons. The number of nitrogens with one attached hydrogen (secondary N) is 1. The zero-order chi connectivity index (χ0) is 12.3. The first-order chi connectivity index (χ1) is 7.29. The highest BCUT2D eigenvalue weighted by Gasteiger charge is 2.29. The van der Waals surface area contributed by atoms with E-state index in [9.17, 15) is 5.11 Å². The van der Waals surface area contributed by atoms with Crippen LogP contribution in [0.4, 0.5) is 0 Å². The number of hydrogen-bond acceptors (Lipinski definition) is 2. The lowest BCUT2D eigenvalue weighted by molar-refractivity contribution is 0.0523. The molecule has 4 atom stereocenters. The zero-order valence-corrected chi connectivity index (χ0v) is 11.6. The molecular formula is C14H29NO. The Morgan fingerprint density at radius 1 is 1.19 bits per heavy atom. The quantitative estimate of drug-likeness (QED) is 0.777. The van der Waals surface area contributed by atoms with Crippen molar-refractivity contribution in [1.29, 1.82) is 0 Å². The van der Waals surface area contributed by atoms with E-state index in [1.54, 1.807) is 0 Å². The van der Waals surface area contributed by atoms with E-state index in [4.69, 9.17) is 0 Å². The zero-order valence-electron chi connectivity index (χ0n) is 11.6. The maximum atomic E-state index is 10.2. The summed E-state index contributed by atoms with van der Waals surface area (Å²) in [6.07, 6.45) is 3.49. The molecule has 1 fully saturated rings. The van der Waals surface area contributed by atoms with Crippen LogP contribution in [0.25, 0.3) is 0 Å². The molecule has 4 unspecified atom stereocenters. The van der Waals surface area contributed by atoms with Crippen molar-refractivity contribution in [3.05, 3.63) is 0 Å². The summed E-state index contributed by atoms with van der Waals surface area (Å²) in [5.74, 6) is 2.10. The Labute approximate surface area is 101 Å². The van der Waals surface area contributed by atoms with Gasteiger partial charge in [0.25, 0.3) is 0 Å². The van der Waals surface area contributed by atoms with Crippen molar-refractivity contribution in [3.8, 4) is 0 Å². The highest BCUT2D eigenvalue weighted by Crippen LogP contribution is 2.34. The number of aliphatic hydroxyl groups is 1. The fourth-order valence-electron chi connectivity index (χ4n) is 2.52. The van der Waals surface area contributed by atoms with Gasteiger partial charge < -0.3 is 10.4 Å². The Morgan fingerprint density at radius 2 is 1.81 bits per heavy atom. The van der Waals surface area contributed by atoms with Crippen molar-refractivity contribution in [2.24, 2.45) is 17.8 Å². The van der Waals surface area contributed by atoms with Crippen LogP contribution < -0.4 is 5.32 Å². The summed E-state index contributed by atoms with van der Waals surface area (Å²) in [4.78, 5) is 0. The molecule has 0 aromatic rings. The van der Waals surface area contributed by atoms with Gasteiger partial charge in [-0.1, -0.05) is 20.3 Å². The normalized spacial score (nSPS) is 33.8. The average molecular weight is 227 g/mol. The third-order valence-corrected chi connectivity index (χ3v) is 4.02. The van der Waals surface area contributed by atoms with E-state index in [1.165, 1.54) is 19.3 Å². The highest BCUT2D eigenvalue weighted by molar-refractivity contribution is 4.82. The van der Waals surface area contributed by atoms with Gasteiger partial charge in [0, 0.05) is 12.1 Å². The van der Waals surface area contributed by atoms with Crippen molar-refractivity contribution in [2.75, 3.05) is 6.54 Å². The summed E-state index contributed by atoms with van der Waals surface area (Å²) in [6, 6.07) is 0. The number of rotatable bonds is 3. The van der Waals surface area contributed by atoms with Gasteiger partial charge in [0.2, 0.25) is 0 Å². The van der Waals surface area contributed by atoms with Crippen molar-refractivity contribution in [1.82, 2.24) is 5.32 Å². The minimum absolute atomic E-state index is 0.106. The van der Waals surface area contributed by atoms with Crippen molar-refractivity contribution >= 4 is 0 Å². The smallest absolute Gasteiger partial charge is 0.0693 e. The Morgan fingerprint density at radius 3 is 2.31 bits per heavy atom. The first-order valence-corrected chi connectivity index (χ1v) is 6.72. The SMILES string of the molecule is CC1CCC(C(O)CNC(C)(C)C)CC1C. The molecule has 0 bridgehead atoms. The molecule has 0 aliphatic heterocycles. The molecule has 1 saturated carbocycles. The third kappa shape index (κ3) is 4.42. The molecule has 0 amide bonds. The van der Waals surface area contributed by atoms with E-state index in [1.807, 2.05) is 0 Å². The van der Waals surface area contributed by atoms with Crippen molar-refractivity contribution < 1.29 is 5.11 Å². The van der Waals surface area contributed by atoms with Gasteiger partial charge in [-0.15, -0.1) is 0 Å². The van der Waals surface area contributed by atoms with Gasteiger partial charge in [0.15, 0.2) is 0 Å². The second-order valence-electron chi connectivity index (χ2n) is 6.73. The first kappa shape index (κ1) is 14.0. The van der Waals surface area contributed by atoms with E-state index in [0.29, 0.717) is 5.92 Å². The Hall–Kier alpha value is -0.0800. The lowest BCUT2D eigenvalue weighted by Gasteiger charge is -2.35. The van der Waals surface area contributed by atoms with Crippen molar-refractivity contribution in [2.45, 2.75) is 65.5 Å². The topological polar surface area (TPSA) is 32.3 Å². The molecule has 16 heavy (non-hydrogen) atoms. The highest BCUT2D eigenvalue weighted by atomic mass is 16.3. The molecule has 2 heteroatoms. The molecule has 2 nitrogen and oxygen atoms in total. The fraction of sp³-hybridized carbons (Fsp3) is 1.00. The van der Waals surface area contributed by atoms with E-state index in [2.05, 4.69) is 39.9 Å². The standard InChI is InChI=1S/C14H29NO/c1-10-6-7-12(8-11(10)2)13(16)9-15-14(3,4)5/h10-13,15-16H,6-9H2,1-5H3. The fourth-order valence-corrected chi connectivity index (χ4v) is 2.52. The third-order valence-electron chi connectivity index (χ3n) is 4.02. The van der Waals surface area contributed by atoms with Crippen LogP contribution in [-0.4, -0.2) is 23.3 Å². The first-order valence-electron chi connectivity index (χ1n) is 6.72. The molecule has 0 aromatic carbocycles. The van der Waals surface area contributed by atoms with Crippen molar-refractivity contribution in [3.63, 3.8) is 0 Å². The molecule has 0 spiro atoms. The minimum Gasteiger partial charge on any atom is -0.392 e. The van der Waals surface area contributed by atoms with E-state index in [-0.39, 0.29) is 11.6 Å². The molecule has 2 N–H and O–H groups in total. The van der Waals surface area contributed by atoms with Crippen LogP contribution in [0.2, 0.25) is 0 Å². The van der Waals surface area contributed by atoms with Gasteiger partial charge in [0.05, 0.1) is 6.10 Å². The molecular weight excluding hydrogens is 198 g/mol. The van der Waals surface area contributed by atoms with Gasteiger partial charge in [-0.05, 0) is 51.4 Å². The summed E-state index contributed by atoms with van der Waals surface area (Å²) in [6.45, 7) is 11.8. The molecule has 1 aliphatic rings. The second kappa shape index (κ2) is 5.50. The van der Waals surface area contributed by atoms with Gasteiger partial charge in [-0.3, -0.25) is 0 Å². The maximum Gasteiger partial charge on any atom is 0.0693 e. The summed E-state index contributed by atoms with van der Waals surface area (Å²) in [7, 11) is 0. The maximum absolute atomic E-state index is 10.2. The summed E-state index contributed by atoms with van der Waals surface area (Å²) >= 11 is 0. The van der Waals surface area contributed by atoms with Gasteiger partial charge in [-0.25, -0.2) is 0 Å². The number of aliphatic hydroxyl groups excluding tert-OH is 1. The van der Waals surface area contributed by atoms with Crippen LogP contribution in [0.15, 0.2) is 0 Å². The second-order valence-corrected chi connectivity index (χ2v) is 6.73. The minimum atomic E-state index is -0.172. The van der Waals surface area contributed by atoms with Crippen LogP contribution in [0, 0.1) is 17.8 Å². The Balaban J connectivity index is 2.34. The monoisotopic (exact) mass is 227 g/mol. The predicted molar refractivity (Wildman–Crippen MR) is 69.4 cm³/mol. The van der Waals surface area contributed by atoms with Crippen LogP contribution in [-0.2, 0) is 0 Å². The van der Waals surface area contributed by atoms with Gasteiger partial charge in [0.1, 0.15) is 0 Å². The van der Waals surface area contributed by atoms with Crippen LogP contribution in [0.3, 0.4) is 0 Å². The number of hydrogen-bond donors (Lipinski definition) is 2.